The molecule has 0 spiro atoms. The number of aromatic amines is 1. The van der Waals surface area contributed by atoms with Crippen molar-refractivity contribution in [2.24, 2.45) is 0 Å². The van der Waals surface area contributed by atoms with Crippen molar-refractivity contribution in [2.75, 3.05) is 0 Å². The fraction of sp³-hybridized carbons (Fsp3) is 0.0870. The summed E-state index contributed by atoms with van der Waals surface area (Å²) in [4.78, 5) is 32.1. The first-order valence-electron chi connectivity index (χ1n) is 9.13. The Bertz CT molecular complexity index is 1220. The monoisotopic (exact) mass is 386 g/mol. The average Bonchev–Trinajstić information content (AvgIpc) is 2.75. The zero-order valence-corrected chi connectivity index (χ0v) is 15.7. The predicted octanol–water partition coefficient (Wildman–Crippen LogP) is 4.63. The number of hydrogen-bond acceptors (Lipinski definition) is 5. The Morgan fingerprint density at radius 3 is 2.45 bits per heavy atom. The lowest BCUT2D eigenvalue weighted by Gasteiger charge is -2.15. The van der Waals surface area contributed by atoms with E-state index in [4.69, 9.17) is 9.47 Å². The molecular weight excluding hydrogens is 368 g/mol. The van der Waals surface area contributed by atoms with Crippen LogP contribution in [0.4, 0.5) is 0 Å². The lowest BCUT2D eigenvalue weighted by molar-refractivity contribution is 0.0317. The quantitative estimate of drug-likeness (QED) is 0.506. The van der Waals surface area contributed by atoms with Crippen molar-refractivity contribution in [2.45, 2.75) is 13.0 Å². The van der Waals surface area contributed by atoms with E-state index in [-0.39, 0.29) is 16.9 Å². The van der Waals surface area contributed by atoms with Gasteiger partial charge in [0.1, 0.15) is 17.1 Å². The highest BCUT2D eigenvalue weighted by Gasteiger charge is 2.20. The van der Waals surface area contributed by atoms with Gasteiger partial charge in [0.2, 0.25) is 0 Å². The number of fused-ring (bicyclic) bond motifs is 1. The highest BCUT2D eigenvalue weighted by atomic mass is 16.5. The van der Waals surface area contributed by atoms with Crippen LogP contribution in [-0.4, -0.2) is 15.9 Å². The molecule has 4 aromatic rings. The molecule has 29 heavy (non-hydrogen) atoms. The van der Waals surface area contributed by atoms with Gasteiger partial charge in [0.05, 0.1) is 10.9 Å². The van der Waals surface area contributed by atoms with E-state index in [0.717, 1.165) is 0 Å². The Labute approximate surface area is 166 Å². The molecule has 0 aliphatic carbocycles. The molecule has 6 nitrogen and oxygen atoms in total. The lowest BCUT2D eigenvalue weighted by Crippen LogP contribution is -2.17. The van der Waals surface area contributed by atoms with Gasteiger partial charge in [-0.25, -0.2) is 9.78 Å². The van der Waals surface area contributed by atoms with E-state index in [1.165, 1.54) is 0 Å². The highest BCUT2D eigenvalue weighted by Crippen LogP contribution is 2.27. The van der Waals surface area contributed by atoms with E-state index in [2.05, 4.69) is 9.97 Å². The summed E-state index contributed by atoms with van der Waals surface area (Å²) in [5, 5.41) is 0.483. The van der Waals surface area contributed by atoms with Crippen LogP contribution in [0.25, 0.3) is 10.9 Å². The predicted molar refractivity (Wildman–Crippen MR) is 109 cm³/mol. The van der Waals surface area contributed by atoms with Gasteiger partial charge in [-0.05, 0) is 43.3 Å². The van der Waals surface area contributed by atoms with Crippen LogP contribution in [-0.2, 0) is 4.74 Å². The molecule has 144 valence electrons. The van der Waals surface area contributed by atoms with Crippen LogP contribution >= 0.6 is 0 Å². The van der Waals surface area contributed by atoms with Gasteiger partial charge in [-0.1, -0.05) is 42.5 Å². The third kappa shape index (κ3) is 4.01. The zero-order chi connectivity index (χ0) is 20.2. The number of rotatable bonds is 5. The van der Waals surface area contributed by atoms with Gasteiger partial charge < -0.3 is 14.5 Å². The second-order valence-electron chi connectivity index (χ2n) is 6.43. The number of aromatic nitrogens is 2. The lowest BCUT2D eigenvalue weighted by atomic mass is 10.2. The van der Waals surface area contributed by atoms with Crippen molar-refractivity contribution < 1.29 is 14.3 Å². The molecule has 1 unspecified atom stereocenters. The number of hydrogen-bond donors (Lipinski definition) is 1. The van der Waals surface area contributed by atoms with Gasteiger partial charge in [-0.3, -0.25) is 4.79 Å². The van der Waals surface area contributed by atoms with E-state index < -0.39 is 12.1 Å². The summed E-state index contributed by atoms with van der Waals surface area (Å²) in [5.74, 6) is 0.709. The van der Waals surface area contributed by atoms with E-state index in [1.54, 1.807) is 67.6 Å². The molecule has 0 fully saturated rings. The molecule has 0 bridgehead atoms. The zero-order valence-electron chi connectivity index (χ0n) is 15.7. The summed E-state index contributed by atoms with van der Waals surface area (Å²) in [5.41, 5.74) is 0.551. The van der Waals surface area contributed by atoms with Crippen LogP contribution in [0.3, 0.4) is 0 Å². The minimum Gasteiger partial charge on any atom is -0.456 e. The number of carbonyl (C=O) groups excluding carboxylic acids is 1. The Morgan fingerprint density at radius 2 is 1.62 bits per heavy atom. The minimum absolute atomic E-state index is 0.277. The van der Waals surface area contributed by atoms with E-state index in [9.17, 15) is 9.59 Å². The van der Waals surface area contributed by atoms with Crippen molar-refractivity contribution in [3.63, 3.8) is 0 Å². The number of para-hydroxylation sites is 3. The smallest absolute Gasteiger partial charge is 0.342 e. The van der Waals surface area contributed by atoms with Gasteiger partial charge in [-0.2, -0.15) is 0 Å². The van der Waals surface area contributed by atoms with Crippen LogP contribution in [0.1, 0.15) is 29.2 Å². The van der Waals surface area contributed by atoms with E-state index >= 15 is 0 Å². The molecule has 0 saturated heterocycles. The Balaban J connectivity index is 1.58. The molecule has 0 radical (unpaired) electrons. The number of nitrogens with one attached hydrogen (secondary N) is 1. The van der Waals surface area contributed by atoms with Gasteiger partial charge >= 0.3 is 5.97 Å². The molecule has 1 heterocycles. The maximum atomic E-state index is 12.8. The second-order valence-corrected chi connectivity index (χ2v) is 6.43. The third-order valence-electron chi connectivity index (χ3n) is 4.38. The van der Waals surface area contributed by atoms with Gasteiger partial charge in [0, 0.05) is 0 Å². The number of H-pyrrole nitrogens is 1. The SMILES string of the molecule is CC(OC(=O)c1ccccc1Oc1ccccc1)c1nc2ccccc2c(=O)[nH]1. The topological polar surface area (TPSA) is 81.3 Å². The van der Waals surface area contributed by atoms with Gasteiger partial charge in [0.15, 0.2) is 11.9 Å². The van der Waals surface area contributed by atoms with Crippen molar-refractivity contribution >= 4 is 16.9 Å². The molecule has 1 N–H and O–H groups in total. The molecule has 6 heteroatoms. The fourth-order valence-corrected chi connectivity index (χ4v) is 2.92. The molecule has 3 aromatic carbocycles. The van der Waals surface area contributed by atoms with Crippen LogP contribution in [0.2, 0.25) is 0 Å². The second kappa shape index (κ2) is 7.98. The minimum atomic E-state index is -0.746. The van der Waals surface area contributed by atoms with Crippen molar-refractivity contribution in [3.05, 3.63) is 101 Å². The van der Waals surface area contributed by atoms with Crippen molar-refractivity contribution in [1.29, 1.82) is 0 Å². The summed E-state index contributed by atoms with van der Waals surface area (Å²) in [6.07, 6.45) is -0.746. The molecule has 0 aliphatic rings. The largest absolute Gasteiger partial charge is 0.456 e. The molecule has 1 atom stereocenters. The number of ether oxygens (including phenoxy) is 2. The first-order valence-corrected chi connectivity index (χ1v) is 9.13. The summed E-state index contributed by atoms with van der Waals surface area (Å²) in [6, 6.07) is 23.0. The molecule has 0 saturated carbocycles. The summed E-state index contributed by atoms with van der Waals surface area (Å²) in [7, 11) is 0. The Kier molecular flexibility index (Phi) is 5.07. The number of esters is 1. The first-order chi connectivity index (χ1) is 14.1. The Hall–Kier alpha value is -3.93. The summed E-state index contributed by atoms with van der Waals surface area (Å²) >= 11 is 0. The third-order valence-corrected chi connectivity index (χ3v) is 4.38. The van der Waals surface area contributed by atoms with E-state index in [0.29, 0.717) is 22.4 Å². The molecule has 0 amide bonds. The van der Waals surface area contributed by atoms with Crippen LogP contribution in [0, 0.1) is 0 Å². The van der Waals surface area contributed by atoms with Gasteiger partial charge in [0.25, 0.3) is 5.56 Å². The Morgan fingerprint density at radius 1 is 0.931 bits per heavy atom. The van der Waals surface area contributed by atoms with Crippen LogP contribution < -0.4 is 10.3 Å². The number of carbonyl (C=O) groups is 1. The first kappa shape index (κ1) is 18.4. The van der Waals surface area contributed by atoms with Crippen molar-refractivity contribution in [3.8, 4) is 11.5 Å². The molecule has 1 aromatic heterocycles. The van der Waals surface area contributed by atoms with Crippen LogP contribution in [0.5, 0.6) is 11.5 Å². The van der Waals surface area contributed by atoms with E-state index in [1.807, 2.05) is 18.2 Å². The standard InChI is InChI=1S/C23H18N2O4/c1-15(21-24-19-13-7-5-11-17(19)22(26)25-21)28-23(27)18-12-6-8-14-20(18)29-16-9-3-2-4-10-16/h2-15H,1H3,(H,24,25,26). The van der Waals surface area contributed by atoms with Gasteiger partial charge in [-0.15, -0.1) is 0 Å². The van der Waals surface area contributed by atoms with Crippen LogP contribution in [0.15, 0.2) is 83.7 Å². The maximum Gasteiger partial charge on any atom is 0.342 e. The normalized spacial score (nSPS) is 11.8. The molecular formula is C23H18N2O4. The molecule has 4 rings (SSSR count). The summed E-state index contributed by atoms with van der Waals surface area (Å²) in [6.45, 7) is 1.66. The summed E-state index contributed by atoms with van der Waals surface area (Å²) < 4.78 is 11.4. The average molecular weight is 386 g/mol. The fourth-order valence-electron chi connectivity index (χ4n) is 2.92. The highest BCUT2D eigenvalue weighted by molar-refractivity contribution is 5.92. The number of benzene rings is 3. The number of nitrogens with zero attached hydrogens (tertiary/aromatic N) is 1. The van der Waals surface area contributed by atoms with Crippen molar-refractivity contribution in [1.82, 2.24) is 9.97 Å². The molecule has 0 aliphatic heterocycles. The maximum absolute atomic E-state index is 12.8.